The van der Waals surface area contributed by atoms with Crippen molar-refractivity contribution in [1.29, 1.82) is 0 Å². The first-order chi connectivity index (χ1) is 11.7. The fourth-order valence-corrected chi connectivity index (χ4v) is 2.27. The Morgan fingerprint density at radius 2 is 2.08 bits per heavy atom. The van der Waals surface area contributed by atoms with Crippen LogP contribution in [0.3, 0.4) is 0 Å². The highest BCUT2D eigenvalue weighted by molar-refractivity contribution is 5.59. The third-order valence-electron chi connectivity index (χ3n) is 3.53. The largest absolute Gasteiger partial charge is 0.394 e. The van der Waals surface area contributed by atoms with Crippen LogP contribution in [0, 0.1) is 5.82 Å². The summed E-state index contributed by atoms with van der Waals surface area (Å²) in [5, 5.41) is 21.4. The van der Waals surface area contributed by atoms with Gasteiger partial charge in [-0.2, -0.15) is 4.52 Å². The van der Waals surface area contributed by atoms with Crippen LogP contribution in [0.25, 0.3) is 17.0 Å². The topological polar surface area (TPSA) is 75.8 Å². The van der Waals surface area contributed by atoms with Crippen LogP contribution in [0.15, 0.2) is 36.4 Å². The molecular weight excluding hydrogens is 313 g/mol. The molecular formula is C16H18FN5O2. The van der Waals surface area contributed by atoms with Gasteiger partial charge in [0.05, 0.1) is 19.8 Å². The number of rotatable bonds is 7. The molecule has 0 spiro atoms. The average molecular weight is 331 g/mol. The van der Waals surface area contributed by atoms with Gasteiger partial charge in [0.2, 0.25) is 0 Å². The molecule has 7 nitrogen and oxygen atoms in total. The van der Waals surface area contributed by atoms with Crippen molar-refractivity contribution in [3.8, 4) is 11.4 Å². The van der Waals surface area contributed by atoms with Gasteiger partial charge in [-0.15, -0.1) is 15.3 Å². The smallest absolute Gasteiger partial charge is 0.185 e. The molecule has 126 valence electrons. The van der Waals surface area contributed by atoms with E-state index in [2.05, 4.69) is 15.3 Å². The molecule has 0 amide bonds. The van der Waals surface area contributed by atoms with Gasteiger partial charge in [-0.3, -0.25) is 0 Å². The van der Waals surface area contributed by atoms with E-state index in [1.165, 1.54) is 12.1 Å². The van der Waals surface area contributed by atoms with Crippen LogP contribution in [0.1, 0.15) is 0 Å². The molecule has 0 saturated carbocycles. The molecule has 1 aromatic carbocycles. The highest BCUT2D eigenvalue weighted by atomic mass is 19.1. The summed E-state index contributed by atoms with van der Waals surface area (Å²) in [6, 6.07) is 9.82. The van der Waals surface area contributed by atoms with E-state index in [1.54, 1.807) is 16.6 Å². The molecule has 0 aliphatic heterocycles. The van der Waals surface area contributed by atoms with Crippen molar-refractivity contribution in [2.45, 2.75) is 0 Å². The Bertz CT molecular complexity index is 823. The molecule has 2 heterocycles. The lowest BCUT2D eigenvalue weighted by molar-refractivity contribution is 0.0970. The van der Waals surface area contributed by atoms with E-state index >= 15 is 0 Å². The first kappa shape index (κ1) is 16.3. The summed E-state index contributed by atoms with van der Waals surface area (Å²) in [4.78, 5) is 1.92. The number of anilines is 1. The highest BCUT2D eigenvalue weighted by Gasteiger charge is 2.12. The van der Waals surface area contributed by atoms with E-state index in [1.807, 2.05) is 24.1 Å². The minimum absolute atomic E-state index is 0.00558. The fourth-order valence-electron chi connectivity index (χ4n) is 2.27. The first-order valence-corrected chi connectivity index (χ1v) is 7.57. The maximum absolute atomic E-state index is 13.5. The summed E-state index contributed by atoms with van der Waals surface area (Å²) >= 11 is 0. The Kier molecular flexibility index (Phi) is 4.97. The molecule has 2 aromatic heterocycles. The van der Waals surface area contributed by atoms with Gasteiger partial charge in [-0.05, 0) is 24.3 Å². The zero-order valence-electron chi connectivity index (χ0n) is 13.3. The summed E-state index contributed by atoms with van der Waals surface area (Å²) in [5.74, 6) is 0.863. The normalized spacial score (nSPS) is 11.1. The number of benzene rings is 1. The van der Waals surface area contributed by atoms with E-state index in [0.29, 0.717) is 42.6 Å². The van der Waals surface area contributed by atoms with Gasteiger partial charge in [0.15, 0.2) is 11.5 Å². The number of fused-ring (bicyclic) bond motifs is 1. The maximum atomic E-state index is 13.5. The molecule has 0 fully saturated rings. The predicted octanol–water partition coefficient (Wildman–Crippen LogP) is 1.38. The monoisotopic (exact) mass is 331 g/mol. The Hall–Kier alpha value is -2.58. The lowest BCUT2D eigenvalue weighted by Crippen LogP contribution is -2.24. The van der Waals surface area contributed by atoms with Crippen LogP contribution < -0.4 is 4.90 Å². The molecule has 0 radical (unpaired) electrons. The van der Waals surface area contributed by atoms with E-state index in [4.69, 9.17) is 9.84 Å². The van der Waals surface area contributed by atoms with Gasteiger partial charge in [0, 0.05) is 19.2 Å². The number of aliphatic hydroxyl groups excluding tert-OH is 1. The van der Waals surface area contributed by atoms with Gasteiger partial charge < -0.3 is 14.7 Å². The Balaban J connectivity index is 1.86. The Labute approximate surface area is 138 Å². The van der Waals surface area contributed by atoms with Crippen molar-refractivity contribution in [2.24, 2.45) is 0 Å². The standard InChI is InChI=1S/C16H18FN5O2/c1-21(7-9-24-10-8-23)15-6-5-14-18-19-16(22(14)20-15)12-3-2-4-13(17)11-12/h2-6,11,23H,7-10H2,1H3. The van der Waals surface area contributed by atoms with E-state index in [-0.39, 0.29) is 12.4 Å². The van der Waals surface area contributed by atoms with E-state index in [0.717, 1.165) is 0 Å². The number of nitrogens with zero attached hydrogens (tertiary/aromatic N) is 5. The van der Waals surface area contributed by atoms with Crippen molar-refractivity contribution in [2.75, 3.05) is 38.3 Å². The quantitative estimate of drug-likeness (QED) is 0.659. The molecule has 3 rings (SSSR count). The number of ether oxygens (including phenoxy) is 1. The van der Waals surface area contributed by atoms with Crippen molar-refractivity contribution in [1.82, 2.24) is 19.8 Å². The van der Waals surface area contributed by atoms with Gasteiger partial charge >= 0.3 is 0 Å². The van der Waals surface area contributed by atoms with Crippen LogP contribution in [0.5, 0.6) is 0 Å². The number of hydrogen-bond acceptors (Lipinski definition) is 6. The van der Waals surface area contributed by atoms with E-state index < -0.39 is 0 Å². The maximum Gasteiger partial charge on any atom is 0.185 e. The molecule has 0 aliphatic rings. The van der Waals surface area contributed by atoms with Crippen molar-refractivity contribution in [3.05, 3.63) is 42.2 Å². The second-order valence-corrected chi connectivity index (χ2v) is 5.25. The minimum atomic E-state index is -0.335. The SMILES string of the molecule is CN(CCOCCO)c1ccc2nnc(-c3cccc(F)c3)n2n1. The molecule has 0 unspecified atom stereocenters. The van der Waals surface area contributed by atoms with Crippen LogP contribution >= 0.6 is 0 Å². The minimum Gasteiger partial charge on any atom is -0.394 e. The Morgan fingerprint density at radius 1 is 1.21 bits per heavy atom. The number of halogens is 1. The van der Waals surface area contributed by atoms with Gasteiger partial charge in [0.1, 0.15) is 11.6 Å². The number of aromatic nitrogens is 4. The second-order valence-electron chi connectivity index (χ2n) is 5.25. The molecule has 3 aromatic rings. The number of hydrogen-bond donors (Lipinski definition) is 1. The highest BCUT2D eigenvalue weighted by Crippen LogP contribution is 2.20. The average Bonchev–Trinajstić information content (AvgIpc) is 3.01. The zero-order chi connectivity index (χ0) is 16.9. The lowest BCUT2D eigenvalue weighted by Gasteiger charge is -2.17. The molecule has 0 saturated heterocycles. The Morgan fingerprint density at radius 3 is 2.88 bits per heavy atom. The summed E-state index contributed by atoms with van der Waals surface area (Å²) in [6.07, 6.45) is 0. The van der Waals surface area contributed by atoms with Gasteiger partial charge in [0.25, 0.3) is 0 Å². The summed E-state index contributed by atoms with van der Waals surface area (Å²) < 4.78 is 20.3. The van der Waals surface area contributed by atoms with Crippen LogP contribution in [-0.2, 0) is 4.74 Å². The van der Waals surface area contributed by atoms with Crippen molar-refractivity contribution < 1.29 is 14.2 Å². The van der Waals surface area contributed by atoms with Crippen LogP contribution in [-0.4, -0.2) is 58.3 Å². The molecule has 0 bridgehead atoms. The van der Waals surface area contributed by atoms with E-state index in [9.17, 15) is 4.39 Å². The van der Waals surface area contributed by atoms with Gasteiger partial charge in [-0.25, -0.2) is 4.39 Å². The van der Waals surface area contributed by atoms with Gasteiger partial charge in [-0.1, -0.05) is 12.1 Å². The summed E-state index contributed by atoms with van der Waals surface area (Å²) in [6.45, 7) is 1.42. The lowest BCUT2D eigenvalue weighted by atomic mass is 10.2. The second kappa shape index (κ2) is 7.33. The summed E-state index contributed by atoms with van der Waals surface area (Å²) in [7, 11) is 1.89. The summed E-state index contributed by atoms with van der Waals surface area (Å²) in [5.41, 5.74) is 1.20. The third kappa shape index (κ3) is 3.50. The molecule has 8 heteroatoms. The van der Waals surface area contributed by atoms with Crippen LogP contribution in [0.4, 0.5) is 10.2 Å². The molecule has 0 atom stereocenters. The number of aliphatic hydroxyl groups is 1. The first-order valence-electron chi connectivity index (χ1n) is 7.57. The van der Waals surface area contributed by atoms with Crippen molar-refractivity contribution >= 4 is 11.5 Å². The molecule has 1 N–H and O–H groups in total. The third-order valence-corrected chi connectivity index (χ3v) is 3.53. The molecule has 0 aliphatic carbocycles. The predicted molar refractivity (Wildman–Crippen MR) is 87.4 cm³/mol. The van der Waals surface area contributed by atoms with Crippen LogP contribution in [0.2, 0.25) is 0 Å². The number of likely N-dealkylation sites (N-methyl/N-ethyl adjacent to an activating group) is 1. The molecule has 24 heavy (non-hydrogen) atoms. The fraction of sp³-hybridized carbons (Fsp3) is 0.312. The zero-order valence-corrected chi connectivity index (χ0v) is 13.3. The van der Waals surface area contributed by atoms with Crippen molar-refractivity contribution in [3.63, 3.8) is 0 Å².